The van der Waals surface area contributed by atoms with Crippen LogP contribution in [-0.4, -0.2) is 29.1 Å². The zero-order chi connectivity index (χ0) is 15.4. The van der Waals surface area contributed by atoms with Crippen molar-refractivity contribution in [2.24, 2.45) is 11.1 Å². The number of thiocarbonyl (C=S) groups is 1. The normalized spacial score (nSPS) is 26.5. The third kappa shape index (κ3) is 3.31. The third-order valence-electron chi connectivity index (χ3n) is 4.55. The van der Waals surface area contributed by atoms with Crippen molar-refractivity contribution in [1.29, 1.82) is 0 Å². The van der Waals surface area contributed by atoms with Gasteiger partial charge in [0.15, 0.2) is 0 Å². The van der Waals surface area contributed by atoms with Crippen molar-refractivity contribution in [1.82, 2.24) is 5.32 Å². The highest BCUT2D eigenvalue weighted by Crippen LogP contribution is 2.33. The van der Waals surface area contributed by atoms with Crippen molar-refractivity contribution in [3.05, 3.63) is 0 Å². The van der Waals surface area contributed by atoms with Crippen LogP contribution < -0.4 is 11.1 Å². The molecule has 4 nitrogen and oxygen atoms in total. The predicted octanol–water partition coefficient (Wildman–Crippen LogP) is 2.54. The first-order valence-electron chi connectivity index (χ1n) is 7.56. The van der Waals surface area contributed by atoms with Crippen LogP contribution in [0.1, 0.15) is 59.8 Å². The van der Waals surface area contributed by atoms with E-state index in [1.807, 2.05) is 13.8 Å². The molecule has 0 radical (unpaired) electrons. The number of amides is 1. The molecular formula is C15H28N2O2S. The Hall–Kier alpha value is -0.680. The van der Waals surface area contributed by atoms with E-state index in [4.69, 9.17) is 22.7 Å². The average Bonchev–Trinajstić information content (AvgIpc) is 2.68. The summed E-state index contributed by atoms with van der Waals surface area (Å²) < 4.78 is 5.58. The van der Waals surface area contributed by atoms with Gasteiger partial charge in [-0.1, -0.05) is 38.9 Å². The minimum atomic E-state index is -0.718. The summed E-state index contributed by atoms with van der Waals surface area (Å²) in [5.74, 6) is -0.0337. The Kier molecular flexibility index (Phi) is 5.95. The average molecular weight is 300 g/mol. The largest absolute Gasteiger partial charge is 0.392 e. The molecule has 5 heteroatoms. The molecule has 1 aliphatic rings. The maximum absolute atomic E-state index is 12.9. The van der Waals surface area contributed by atoms with Crippen LogP contribution >= 0.6 is 12.2 Å². The molecule has 0 bridgehead atoms. The zero-order valence-corrected chi connectivity index (χ0v) is 13.9. The number of nitrogens with one attached hydrogen (secondary N) is 1. The molecule has 0 aromatic carbocycles. The molecule has 1 aliphatic heterocycles. The number of nitrogens with two attached hydrogens (primary N) is 1. The molecule has 1 amide bonds. The summed E-state index contributed by atoms with van der Waals surface area (Å²) in [5, 5.41) is 3.17. The van der Waals surface area contributed by atoms with Gasteiger partial charge in [0.1, 0.15) is 0 Å². The predicted molar refractivity (Wildman–Crippen MR) is 85.6 cm³/mol. The quantitative estimate of drug-likeness (QED) is 0.709. The van der Waals surface area contributed by atoms with Gasteiger partial charge in [0.25, 0.3) is 0 Å². The molecule has 20 heavy (non-hydrogen) atoms. The molecule has 116 valence electrons. The summed E-state index contributed by atoms with van der Waals surface area (Å²) in [6.45, 7) is 8.82. The van der Waals surface area contributed by atoms with E-state index >= 15 is 0 Å². The summed E-state index contributed by atoms with van der Waals surface area (Å²) >= 11 is 5.23. The molecule has 0 aromatic heterocycles. The van der Waals surface area contributed by atoms with E-state index in [0.717, 1.165) is 19.3 Å². The van der Waals surface area contributed by atoms with E-state index in [9.17, 15) is 4.79 Å². The maximum Gasteiger partial charge on any atom is 0.233 e. The Morgan fingerprint density at radius 2 is 2.00 bits per heavy atom. The number of carbonyl (C=O) groups is 1. The second-order valence-corrected chi connectivity index (χ2v) is 6.52. The SMILES string of the molecule is CCCC(CCC)(C(=O)NC1(C)CCOC1C)C(N)=S. The third-order valence-corrected chi connectivity index (χ3v) is 4.94. The molecule has 3 N–H and O–H groups in total. The molecule has 1 saturated heterocycles. The van der Waals surface area contributed by atoms with Gasteiger partial charge in [0, 0.05) is 6.61 Å². The highest BCUT2D eigenvalue weighted by molar-refractivity contribution is 7.80. The van der Waals surface area contributed by atoms with Gasteiger partial charge in [-0.3, -0.25) is 4.79 Å². The number of rotatable bonds is 7. The van der Waals surface area contributed by atoms with Crippen LogP contribution in [0.25, 0.3) is 0 Å². The van der Waals surface area contributed by atoms with Gasteiger partial charge in [0.05, 0.1) is 22.0 Å². The Bertz CT molecular complexity index is 367. The Morgan fingerprint density at radius 3 is 2.35 bits per heavy atom. The monoisotopic (exact) mass is 300 g/mol. The summed E-state index contributed by atoms with van der Waals surface area (Å²) in [5.41, 5.74) is 4.89. The van der Waals surface area contributed by atoms with Crippen LogP contribution in [0.15, 0.2) is 0 Å². The summed E-state index contributed by atoms with van der Waals surface area (Å²) in [6.07, 6.45) is 4.01. The first-order valence-corrected chi connectivity index (χ1v) is 7.97. The number of carbonyl (C=O) groups excluding carboxylic acids is 1. The van der Waals surface area contributed by atoms with Crippen molar-refractivity contribution in [3.63, 3.8) is 0 Å². The fourth-order valence-corrected chi connectivity index (χ4v) is 3.24. The van der Waals surface area contributed by atoms with Gasteiger partial charge in [-0.05, 0) is 33.1 Å². The first kappa shape index (κ1) is 17.4. The highest BCUT2D eigenvalue weighted by Gasteiger charge is 2.45. The van der Waals surface area contributed by atoms with Crippen molar-refractivity contribution in [3.8, 4) is 0 Å². The summed E-state index contributed by atoms with van der Waals surface area (Å²) in [6, 6.07) is 0. The fraction of sp³-hybridized carbons (Fsp3) is 0.867. The van der Waals surface area contributed by atoms with Gasteiger partial charge in [-0.2, -0.15) is 0 Å². The van der Waals surface area contributed by atoms with Crippen LogP contribution in [0, 0.1) is 5.41 Å². The highest BCUT2D eigenvalue weighted by atomic mass is 32.1. The lowest BCUT2D eigenvalue weighted by Crippen LogP contribution is -2.58. The van der Waals surface area contributed by atoms with Gasteiger partial charge in [-0.25, -0.2) is 0 Å². The van der Waals surface area contributed by atoms with Crippen molar-refractivity contribution in [2.75, 3.05) is 6.61 Å². The maximum atomic E-state index is 12.9. The Labute approximate surface area is 127 Å². The van der Waals surface area contributed by atoms with E-state index in [1.165, 1.54) is 0 Å². The second kappa shape index (κ2) is 6.85. The molecule has 0 aliphatic carbocycles. The molecule has 0 saturated carbocycles. The molecular weight excluding hydrogens is 272 g/mol. The van der Waals surface area contributed by atoms with Crippen LogP contribution in [0.5, 0.6) is 0 Å². The standard InChI is InChI=1S/C15H28N2O2S/c1-5-7-15(8-6-2,12(16)20)13(18)17-14(4)9-10-19-11(14)3/h11H,5-10H2,1-4H3,(H2,16,20)(H,17,18). The van der Waals surface area contributed by atoms with Crippen molar-refractivity contribution < 1.29 is 9.53 Å². The lowest BCUT2D eigenvalue weighted by atomic mass is 9.77. The lowest BCUT2D eigenvalue weighted by Gasteiger charge is -2.37. The van der Waals surface area contributed by atoms with Gasteiger partial charge < -0.3 is 15.8 Å². The minimum absolute atomic E-state index is 0.0127. The van der Waals surface area contributed by atoms with E-state index in [1.54, 1.807) is 0 Å². The lowest BCUT2D eigenvalue weighted by molar-refractivity contribution is -0.130. The molecule has 0 aromatic rings. The van der Waals surface area contributed by atoms with Gasteiger partial charge in [-0.15, -0.1) is 0 Å². The molecule has 0 spiro atoms. The van der Waals surface area contributed by atoms with E-state index in [0.29, 0.717) is 24.4 Å². The van der Waals surface area contributed by atoms with Crippen LogP contribution in [0.2, 0.25) is 0 Å². The molecule has 1 fully saturated rings. The zero-order valence-electron chi connectivity index (χ0n) is 13.1. The van der Waals surface area contributed by atoms with Crippen LogP contribution in [-0.2, 0) is 9.53 Å². The molecule has 1 heterocycles. The number of hydrogen-bond donors (Lipinski definition) is 2. The minimum Gasteiger partial charge on any atom is -0.392 e. The van der Waals surface area contributed by atoms with E-state index < -0.39 is 5.41 Å². The van der Waals surface area contributed by atoms with E-state index in [2.05, 4.69) is 19.2 Å². The number of ether oxygens (including phenoxy) is 1. The fourth-order valence-electron chi connectivity index (χ4n) is 2.94. The number of hydrogen-bond acceptors (Lipinski definition) is 3. The molecule has 1 rings (SSSR count). The Morgan fingerprint density at radius 1 is 1.45 bits per heavy atom. The summed E-state index contributed by atoms with van der Waals surface area (Å²) in [4.78, 5) is 13.2. The van der Waals surface area contributed by atoms with Crippen LogP contribution in [0.3, 0.4) is 0 Å². The second-order valence-electron chi connectivity index (χ2n) is 6.08. The van der Waals surface area contributed by atoms with Crippen molar-refractivity contribution in [2.45, 2.75) is 71.4 Å². The van der Waals surface area contributed by atoms with Crippen molar-refractivity contribution >= 4 is 23.1 Å². The summed E-state index contributed by atoms with van der Waals surface area (Å²) in [7, 11) is 0. The first-order chi connectivity index (χ1) is 9.32. The van der Waals surface area contributed by atoms with Gasteiger partial charge in [0.2, 0.25) is 5.91 Å². The Balaban J connectivity index is 2.96. The molecule has 2 unspecified atom stereocenters. The topological polar surface area (TPSA) is 64.3 Å². The van der Waals surface area contributed by atoms with E-state index in [-0.39, 0.29) is 17.6 Å². The smallest absolute Gasteiger partial charge is 0.233 e. The van der Waals surface area contributed by atoms with Crippen LogP contribution in [0.4, 0.5) is 0 Å². The molecule has 2 atom stereocenters. The van der Waals surface area contributed by atoms with Gasteiger partial charge >= 0.3 is 0 Å².